The van der Waals surface area contributed by atoms with Crippen molar-refractivity contribution in [3.8, 4) is 0 Å². The van der Waals surface area contributed by atoms with Crippen LogP contribution in [0.5, 0.6) is 0 Å². The molecule has 1 fully saturated rings. The van der Waals surface area contributed by atoms with Gasteiger partial charge >= 0.3 is 6.03 Å². The molecule has 16 heavy (non-hydrogen) atoms. The fourth-order valence-corrected chi connectivity index (χ4v) is 1.33. The molecule has 1 aromatic heterocycles. The Labute approximate surface area is 92.7 Å². The van der Waals surface area contributed by atoms with E-state index in [1.54, 1.807) is 12.0 Å². The Morgan fingerprint density at radius 1 is 1.62 bits per heavy atom. The highest BCUT2D eigenvalue weighted by Crippen LogP contribution is 2.05. The van der Waals surface area contributed by atoms with Crippen LogP contribution >= 0.6 is 0 Å². The van der Waals surface area contributed by atoms with E-state index in [1.165, 1.54) is 0 Å². The van der Waals surface area contributed by atoms with Crippen LogP contribution in [-0.4, -0.2) is 41.3 Å². The van der Waals surface area contributed by atoms with Crippen molar-refractivity contribution in [2.45, 2.75) is 19.6 Å². The lowest BCUT2D eigenvalue weighted by atomic mass is 10.2. The fraction of sp³-hybridized carbons (Fsp3) is 0.667. The van der Waals surface area contributed by atoms with Gasteiger partial charge < -0.3 is 19.5 Å². The third-order valence-corrected chi connectivity index (χ3v) is 2.32. The molecule has 7 heteroatoms. The summed E-state index contributed by atoms with van der Waals surface area (Å²) in [7, 11) is 1.56. The molecule has 0 radical (unpaired) electrons. The average Bonchev–Trinajstić information content (AvgIpc) is 2.61. The first-order valence-electron chi connectivity index (χ1n) is 5.13. The molecule has 0 unspecified atom stereocenters. The quantitative estimate of drug-likeness (QED) is 0.789. The molecule has 2 rings (SSSR count). The normalized spacial score (nSPS) is 14.7. The van der Waals surface area contributed by atoms with Crippen LogP contribution in [0.1, 0.15) is 18.1 Å². The van der Waals surface area contributed by atoms with Gasteiger partial charge in [0, 0.05) is 20.2 Å². The van der Waals surface area contributed by atoms with E-state index >= 15 is 0 Å². The molecule has 1 saturated heterocycles. The van der Waals surface area contributed by atoms with E-state index < -0.39 is 0 Å². The molecule has 0 aliphatic carbocycles. The molecule has 2 heterocycles. The Kier molecular flexibility index (Phi) is 3.35. The first kappa shape index (κ1) is 10.9. The number of likely N-dealkylation sites (tertiary alicyclic amines) is 1. The maximum atomic E-state index is 11.4. The van der Waals surface area contributed by atoms with Gasteiger partial charge in [0.25, 0.3) is 0 Å². The number of ether oxygens (including phenoxy) is 1. The molecule has 0 spiro atoms. The number of amides is 2. The van der Waals surface area contributed by atoms with Crippen LogP contribution in [-0.2, 0) is 17.9 Å². The molecule has 0 saturated carbocycles. The summed E-state index contributed by atoms with van der Waals surface area (Å²) < 4.78 is 9.78. The number of hydrogen-bond donors (Lipinski definition) is 1. The number of urea groups is 1. The van der Waals surface area contributed by atoms with Gasteiger partial charge in [-0.2, -0.15) is 4.98 Å². The molecule has 2 amide bonds. The summed E-state index contributed by atoms with van der Waals surface area (Å²) in [5.74, 6) is 0.872. The minimum Gasteiger partial charge on any atom is -0.377 e. The average molecular weight is 226 g/mol. The summed E-state index contributed by atoms with van der Waals surface area (Å²) in [4.78, 5) is 17.2. The van der Waals surface area contributed by atoms with E-state index in [0.717, 1.165) is 19.5 Å². The van der Waals surface area contributed by atoms with Gasteiger partial charge in [-0.1, -0.05) is 5.16 Å². The lowest BCUT2D eigenvalue weighted by Crippen LogP contribution is -2.47. The van der Waals surface area contributed by atoms with Crippen LogP contribution in [0.4, 0.5) is 4.79 Å². The Balaban J connectivity index is 1.77. The monoisotopic (exact) mass is 226 g/mol. The summed E-state index contributed by atoms with van der Waals surface area (Å²) in [6.45, 7) is 2.21. The highest BCUT2D eigenvalue weighted by atomic mass is 16.5. The van der Waals surface area contributed by atoms with Crippen molar-refractivity contribution < 1.29 is 14.1 Å². The smallest absolute Gasteiger partial charge is 0.317 e. The van der Waals surface area contributed by atoms with Gasteiger partial charge in [0.2, 0.25) is 5.89 Å². The van der Waals surface area contributed by atoms with Crippen molar-refractivity contribution in [1.82, 2.24) is 20.4 Å². The molecule has 88 valence electrons. The minimum absolute atomic E-state index is 0.0854. The van der Waals surface area contributed by atoms with E-state index in [2.05, 4.69) is 15.5 Å². The van der Waals surface area contributed by atoms with Crippen LogP contribution in [0.25, 0.3) is 0 Å². The second-order valence-corrected chi connectivity index (χ2v) is 3.54. The Hall–Kier alpha value is -1.63. The van der Waals surface area contributed by atoms with Gasteiger partial charge in [-0.15, -0.1) is 0 Å². The van der Waals surface area contributed by atoms with Gasteiger partial charge in [0.1, 0.15) is 6.61 Å². The first-order chi connectivity index (χ1) is 7.79. The van der Waals surface area contributed by atoms with Gasteiger partial charge in [0.05, 0.1) is 6.54 Å². The lowest BCUT2D eigenvalue weighted by Gasteiger charge is -2.30. The maximum absolute atomic E-state index is 11.4. The molecule has 1 aliphatic rings. The van der Waals surface area contributed by atoms with Crippen molar-refractivity contribution in [3.05, 3.63) is 11.7 Å². The third-order valence-electron chi connectivity index (χ3n) is 2.32. The molecular formula is C9H14N4O3. The fourth-order valence-electron chi connectivity index (χ4n) is 1.33. The summed E-state index contributed by atoms with van der Waals surface area (Å²) in [5.41, 5.74) is 0. The van der Waals surface area contributed by atoms with E-state index in [-0.39, 0.29) is 12.6 Å². The SMILES string of the molecule is COCc1noc(CNC(=O)N2CCC2)n1. The van der Waals surface area contributed by atoms with E-state index in [9.17, 15) is 4.79 Å². The van der Waals surface area contributed by atoms with Crippen LogP contribution in [0.3, 0.4) is 0 Å². The summed E-state index contributed by atoms with van der Waals surface area (Å²) in [6.07, 6.45) is 1.08. The number of carbonyl (C=O) groups excluding carboxylic acids is 1. The summed E-state index contributed by atoms with van der Waals surface area (Å²) in [5, 5.41) is 6.39. The van der Waals surface area contributed by atoms with Crippen molar-refractivity contribution in [2.75, 3.05) is 20.2 Å². The topological polar surface area (TPSA) is 80.5 Å². The van der Waals surface area contributed by atoms with Crippen LogP contribution < -0.4 is 5.32 Å². The number of aromatic nitrogens is 2. The zero-order valence-electron chi connectivity index (χ0n) is 9.10. The first-order valence-corrected chi connectivity index (χ1v) is 5.13. The molecular weight excluding hydrogens is 212 g/mol. The predicted octanol–water partition coefficient (Wildman–Crippen LogP) is 0.131. The third kappa shape index (κ3) is 2.48. The second-order valence-electron chi connectivity index (χ2n) is 3.54. The largest absolute Gasteiger partial charge is 0.377 e. The van der Waals surface area contributed by atoms with E-state index in [0.29, 0.717) is 18.3 Å². The minimum atomic E-state index is -0.0854. The molecule has 7 nitrogen and oxygen atoms in total. The van der Waals surface area contributed by atoms with Gasteiger partial charge in [0.15, 0.2) is 5.82 Å². The number of methoxy groups -OCH3 is 1. The second kappa shape index (κ2) is 4.93. The molecule has 1 N–H and O–H groups in total. The number of hydrogen-bond acceptors (Lipinski definition) is 5. The number of nitrogens with one attached hydrogen (secondary N) is 1. The van der Waals surface area contributed by atoms with Crippen LogP contribution in [0.15, 0.2) is 4.52 Å². The van der Waals surface area contributed by atoms with Crippen molar-refractivity contribution >= 4 is 6.03 Å². The maximum Gasteiger partial charge on any atom is 0.317 e. The molecule has 0 bridgehead atoms. The molecule has 0 aromatic carbocycles. The Morgan fingerprint density at radius 2 is 2.44 bits per heavy atom. The van der Waals surface area contributed by atoms with Gasteiger partial charge in [-0.25, -0.2) is 4.79 Å². The Morgan fingerprint density at radius 3 is 3.06 bits per heavy atom. The standard InChI is InChI=1S/C9H14N4O3/c1-15-6-7-11-8(16-12-7)5-10-9(14)13-3-2-4-13/h2-6H2,1H3,(H,10,14). The predicted molar refractivity (Wildman–Crippen MR) is 53.4 cm³/mol. The Bertz CT molecular complexity index is 361. The summed E-state index contributed by atoms with van der Waals surface area (Å²) in [6, 6.07) is -0.0854. The molecule has 1 aromatic rings. The van der Waals surface area contributed by atoms with Crippen molar-refractivity contribution in [2.24, 2.45) is 0 Å². The van der Waals surface area contributed by atoms with E-state index in [1.807, 2.05) is 0 Å². The summed E-state index contributed by atoms with van der Waals surface area (Å²) >= 11 is 0. The van der Waals surface area contributed by atoms with Gasteiger partial charge in [-0.3, -0.25) is 0 Å². The molecule has 0 atom stereocenters. The van der Waals surface area contributed by atoms with Gasteiger partial charge in [-0.05, 0) is 6.42 Å². The zero-order chi connectivity index (χ0) is 11.4. The van der Waals surface area contributed by atoms with Crippen molar-refractivity contribution in [1.29, 1.82) is 0 Å². The number of rotatable bonds is 4. The van der Waals surface area contributed by atoms with E-state index in [4.69, 9.17) is 9.26 Å². The zero-order valence-corrected chi connectivity index (χ0v) is 9.10. The van der Waals surface area contributed by atoms with Crippen LogP contribution in [0.2, 0.25) is 0 Å². The molecule has 1 aliphatic heterocycles. The highest BCUT2D eigenvalue weighted by Gasteiger charge is 2.20. The number of carbonyl (C=O) groups is 1. The highest BCUT2D eigenvalue weighted by molar-refractivity contribution is 5.74. The number of nitrogens with zero attached hydrogens (tertiary/aromatic N) is 3. The van der Waals surface area contributed by atoms with Crippen LogP contribution in [0, 0.1) is 0 Å². The lowest BCUT2D eigenvalue weighted by molar-refractivity contribution is 0.165. The van der Waals surface area contributed by atoms with Crippen molar-refractivity contribution in [3.63, 3.8) is 0 Å².